The number of hydrogen-bond acceptors (Lipinski definition) is 8. The Bertz CT molecular complexity index is 1310. The molecule has 0 aliphatic carbocycles. The summed E-state index contributed by atoms with van der Waals surface area (Å²) in [5, 5.41) is 24.7. The van der Waals surface area contributed by atoms with Gasteiger partial charge in [-0.15, -0.1) is 0 Å². The number of nitrogens with one attached hydrogen (secondary N) is 1. The van der Waals surface area contributed by atoms with E-state index in [2.05, 4.69) is 23.5 Å². The third kappa shape index (κ3) is 8.40. The van der Waals surface area contributed by atoms with Crippen LogP contribution in [0, 0.1) is 5.92 Å². The number of amides is 2. The summed E-state index contributed by atoms with van der Waals surface area (Å²) in [4.78, 5) is 28.2. The fraction of sp³-hybridized carbons (Fsp3) is 0.375. The number of nitrogens with zero attached hydrogens (tertiary/aromatic N) is 2. The highest BCUT2D eigenvalue weighted by Crippen LogP contribution is 2.30. The lowest BCUT2D eigenvalue weighted by atomic mass is 10.0. The van der Waals surface area contributed by atoms with E-state index in [0.717, 1.165) is 29.2 Å². The molecule has 3 N–H and O–H groups in total. The molecule has 4 rings (SSSR count). The average Bonchev–Trinajstić information content (AvgIpc) is 3.39. The second-order valence-electron chi connectivity index (χ2n) is 10.5. The van der Waals surface area contributed by atoms with Crippen LogP contribution in [0.4, 0.5) is 10.5 Å². The van der Waals surface area contributed by atoms with E-state index in [-0.39, 0.29) is 18.0 Å². The molecule has 0 spiro atoms. The van der Waals surface area contributed by atoms with Crippen LogP contribution in [0.1, 0.15) is 25.8 Å². The monoisotopic (exact) mass is 593 g/mol. The topological polar surface area (TPSA) is 112 Å². The highest BCUT2D eigenvalue weighted by atomic mass is 32.2. The number of rotatable bonds is 14. The molecule has 10 heteroatoms. The number of hydrogen-bond donors (Lipinski definition) is 3. The van der Waals surface area contributed by atoms with Gasteiger partial charge in [-0.1, -0.05) is 62.7 Å². The van der Waals surface area contributed by atoms with E-state index >= 15 is 0 Å². The molecule has 1 saturated heterocycles. The largest absolute Gasteiger partial charge is 0.506 e. The molecule has 0 saturated carbocycles. The molecule has 1 aliphatic rings. The number of aromatic hydroxyl groups is 1. The molecule has 1 aliphatic heterocycles. The normalized spacial score (nSPS) is 17.0. The Kier molecular flexibility index (Phi) is 11.1. The van der Waals surface area contributed by atoms with Crippen molar-refractivity contribution in [2.45, 2.75) is 49.8 Å². The van der Waals surface area contributed by atoms with Gasteiger partial charge >= 0.3 is 6.09 Å². The molecule has 2 amide bonds. The van der Waals surface area contributed by atoms with Gasteiger partial charge in [-0.05, 0) is 66.2 Å². The number of methoxy groups -OCH3 is 1. The first-order valence-electron chi connectivity index (χ1n) is 14.1. The Morgan fingerprint density at radius 3 is 2.45 bits per heavy atom. The van der Waals surface area contributed by atoms with Gasteiger partial charge in [0.2, 0.25) is 0 Å². The number of ether oxygens (including phenoxy) is 2. The summed E-state index contributed by atoms with van der Waals surface area (Å²) >= 11 is 1.55. The van der Waals surface area contributed by atoms with Crippen molar-refractivity contribution in [2.24, 2.45) is 5.92 Å². The van der Waals surface area contributed by atoms with Crippen LogP contribution in [0.15, 0.2) is 83.8 Å². The second kappa shape index (κ2) is 14.9. The number of aliphatic hydroxyl groups is 1. The van der Waals surface area contributed by atoms with Crippen molar-refractivity contribution in [3.63, 3.8) is 0 Å². The van der Waals surface area contributed by atoms with Crippen LogP contribution in [0.2, 0.25) is 0 Å². The summed E-state index contributed by atoms with van der Waals surface area (Å²) in [6, 6.07) is 23.2. The maximum atomic E-state index is 13.4. The first-order valence-corrected chi connectivity index (χ1v) is 14.9. The minimum atomic E-state index is -1.09. The Labute approximate surface area is 251 Å². The van der Waals surface area contributed by atoms with Gasteiger partial charge in [-0.25, -0.2) is 9.10 Å². The predicted octanol–water partition coefficient (Wildman–Crippen LogP) is 4.87. The molecule has 0 aromatic heterocycles. The molecule has 3 aromatic carbocycles. The van der Waals surface area contributed by atoms with Gasteiger partial charge in [0.25, 0.3) is 5.91 Å². The van der Waals surface area contributed by atoms with E-state index in [1.54, 1.807) is 37.3 Å². The van der Waals surface area contributed by atoms with E-state index in [1.807, 2.05) is 54.6 Å². The molecular formula is C32H39N3O6S. The number of anilines is 1. The minimum absolute atomic E-state index is 0.0517. The van der Waals surface area contributed by atoms with Crippen LogP contribution in [0.5, 0.6) is 11.5 Å². The van der Waals surface area contributed by atoms with E-state index in [9.17, 15) is 19.8 Å². The number of phenolic OH excluding ortho intramolecular Hbond substituents is 1. The van der Waals surface area contributed by atoms with Crippen LogP contribution >= 0.6 is 11.9 Å². The molecule has 9 nitrogen and oxygen atoms in total. The number of benzene rings is 3. The number of carbonyl (C=O) groups is 2. The molecule has 4 unspecified atom stereocenters. The van der Waals surface area contributed by atoms with Crippen molar-refractivity contribution in [1.82, 2.24) is 9.62 Å². The van der Waals surface area contributed by atoms with Gasteiger partial charge < -0.3 is 25.0 Å². The lowest BCUT2D eigenvalue weighted by Gasteiger charge is -2.31. The summed E-state index contributed by atoms with van der Waals surface area (Å²) < 4.78 is 12.8. The molecule has 4 atom stereocenters. The van der Waals surface area contributed by atoms with Crippen molar-refractivity contribution in [1.29, 1.82) is 0 Å². The number of phenols is 1. The highest BCUT2D eigenvalue weighted by Gasteiger charge is 2.39. The summed E-state index contributed by atoms with van der Waals surface area (Å²) in [6.07, 6.45) is -1.35. The number of aliphatic hydroxyl groups excluding tert-OH is 1. The van der Waals surface area contributed by atoms with E-state index in [0.29, 0.717) is 18.9 Å². The fourth-order valence-electron chi connectivity index (χ4n) is 4.66. The third-order valence-corrected chi connectivity index (χ3v) is 8.30. The molecule has 0 radical (unpaired) electrons. The summed E-state index contributed by atoms with van der Waals surface area (Å²) in [5.74, 6) is 0.580. The van der Waals surface area contributed by atoms with E-state index < -0.39 is 30.3 Å². The van der Waals surface area contributed by atoms with Crippen molar-refractivity contribution in [2.75, 3.05) is 31.6 Å². The second-order valence-corrected chi connectivity index (χ2v) is 11.6. The molecule has 42 heavy (non-hydrogen) atoms. The Balaban J connectivity index is 1.49. The standard InChI is InChI=1S/C32H39N3O6S/c1-4-22(2)19-34(42-25-16-14-24(40-3)15-17-25)20-29(37)26(18-23-10-6-5-7-11-23)33-31(38)30-21-35(32(39)41-30)27-12-8-9-13-28(27)36/h5-17,22,26,29-30,36-37H,4,18-21H2,1-3H3,(H,33,38). The lowest BCUT2D eigenvalue weighted by Crippen LogP contribution is -2.52. The zero-order valence-electron chi connectivity index (χ0n) is 24.2. The molecule has 3 aromatic rings. The van der Waals surface area contributed by atoms with Gasteiger partial charge in [0.15, 0.2) is 6.10 Å². The molecular weight excluding hydrogens is 554 g/mol. The van der Waals surface area contributed by atoms with Crippen molar-refractivity contribution in [3.8, 4) is 11.5 Å². The van der Waals surface area contributed by atoms with Gasteiger partial charge in [-0.3, -0.25) is 9.69 Å². The van der Waals surface area contributed by atoms with Crippen molar-refractivity contribution < 1.29 is 29.3 Å². The third-order valence-electron chi connectivity index (χ3n) is 7.26. The summed E-state index contributed by atoms with van der Waals surface area (Å²) in [7, 11) is 1.63. The number of cyclic esters (lactones) is 1. The minimum Gasteiger partial charge on any atom is -0.506 e. The van der Waals surface area contributed by atoms with Crippen LogP contribution in [-0.2, 0) is 16.0 Å². The van der Waals surface area contributed by atoms with E-state index in [4.69, 9.17) is 9.47 Å². The van der Waals surface area contributed by atoms with Crippen molar-refractivity contribution in [3.05, 3.63) is 84.4 Å². The van der Waals surface area contributed by atoms with Crippen LogP contribution in [0.25, 0.3) is 0 Å². The SMILES string of the molecule is CCC(C)CN(CC(O)C(Cc1ccccc1)NC(=O)C1CN(c2ccccc2O)C(=O)O1)Sc1ccc(OC)cc1. The molecule has 0 bridgehead atoms. The van der Waals surface area contributed by atoms with E-state index in [1.165, 1.54) is 11.0 Å². The zero-order chi connectivity index (χ0) is 30.1. The Morgan fingerprint density at radius 2 is 1.79 bits per heavy atom. The fourth-order valence-corrected chi connectivity index (χ4v) is 5.77. The van der Waals surface area contributed by atoms with Gasteiger partial charge in [-0.2, -0.15) is 0 Å². The van der Waals surface area contributed by atoms with Crippen LogP contribution < -0.4 is 15.0 Å². The van der Waals surface area contributed by atoms with Crippen molar-refractivity contribution >= 4 is 29.6 Å². The molecule has 1 heterocycles. The Hall–Kier alpha value is -3.73. The maximum Gasteiger partial charge on any atom is 0.415 e. The number of para-hydroxylation sites is 2. The first kappa shape index (κ1) is 31.2. The Morgan fingerprint density at radius 1 is 1.10 bits per heavy atom. The number of carbonyl (C=O) groups excluding carboxylic acids is 2. The highest BCUT2D eigenvalue weighted by molar-refractivity contribution is 7.97. The van der Waals surface area contributed by atoms with Gasteiger partial charge in [0, 0.05) is 18.0 Å². The maximum absolute atomic E-state index is 13.4. The summed E-state index contributed by atoms with van der Waals surface area (Å²) in [5.41, 5.74) is 1.23. The molecule has 1 fully saturated rings. The van der Waals surface area contributed by atoms with Gasteiger partial charge in [0.05, 0.1) is 31.5 Å². The smallest absolute Gasteiger partial charge is 0.415 e. The summed E-state index contributed by atoms with van der Waals surface area (Å²) in [6.45, 7) is 5.29. The lowest BCUT2D eigenvalue weighted by molar-refractivity contribution is -0.129. The van der Waals surface area contributed by atoms with Crippen LogP contribution in [0.3, 0.4) is 0 Å². The zero-order valence-corrected chi connectivity index (χ0v) is 25.0. The quantitative estimate of drug-likeness (QED) is 0.227. The predicted molar refractivity (Wildman–Crippen MR) is 164 cm³/mol. The first-order chi connectivity index (χ1) is 20.3. The average molecular weight is 594 g/mol. The molecule has 224 valence electrons. The van der Waals surface area contributed by atoms with Crippen LogP contribution in [-0.4, -0.2) is 71.5 Å². The van der Waals surface area contributed by atoms with Gasteiger partial charge in [0.1, 0.15) is 11.5 Å².